The molecule has 0 bridgehead atoms. The Bertz CT molecular complexity index is 1220. The number of hydrogen-bond acceptors (Lipinski definition) is 6. The van der Waals surface area contributed by atoms with E-state index in [-0.39, 0.29) is 5.91 Å². The summed E-state index contributed by atoms with van der Waals surface area (Å²) in [7, 11) is 0.371. The first-order chi connectivity index (χ1) is 16.5. The molecule has 1 N–H and O–H groups in total. The van der Waals surface area contributed by atoms with Crippen LogP contribution in [0.15, 0.2) is 35.5 Å². The molecule has 3 heterocycles. The summed E-state index contributed by atoms with van der Waals surface area (Å²) in [5.74, 6) is 2.07. The minimum atomic E-state index is -1.23. The number of carbonyl (C=O) groups excluding carboxylic acids is 1. The highest BCUT2D eigenvalue weighted by Crippen LogP contribution is 2.35. The molecular weight excluding hydrogens is 454 g/mol. The van der Waals surface area contributed by atoms with Gasteiger partial charge in [0.25, 0.3) is 0 Å². The lowest BCUT2D eigenvalue weighted by molar-refractivity contribution is -0.126. The van der Waals surface area contributed by atoms with Crippen LogP contribution in [0.1, 0.15) is 48.9 Å². The maximum absolute atomic E-state index is 12.7. The van der Waals surface area contributed by atoms with Gasteiger partial charge in [0.2, 0.25) is 5.91 Å². The minimum Gasteiger partial charge on any atom is -0.496 e. The number of ether oxygens (including phenoxy) is 1. The van der Waals surface area contributed by atoms with Crippen molar-refractivity contribution in [2.45, 2.75) is 51.7 Å². The van der Waals surface area contributed by atoms with Crippen LogP contribution in [0.25, 0.3) is 11.0 Å². The highest BCUT2D eigenvalue weighted by molar-refractivity contribution is 7.86. The Morgan fingerprint density at radius 2 is 2.15 bits per heavy atom. The second-order valence-electron chi connectivity index (χ2n) is 9.02. The van der Waals surface area contributed by atoms with Gasteiger partial charge in [-0.15, -0.1) is 0 Å². The summed E-state index contributed by atoms with van der Waals surface area (Å²) in [6.45, 7) is 5.10. The van der Waals surface area contributed by atoms with Gasteiger partial charge in [-0.25, -0.2) is 4.21 Å². The van der Waals surface area contributed by atoms with Crippen LogP contribution in [0.2, 0.25) is 0 Å². The quantitative estimate of drug-likeness (QED) is 0.490. The molecule has 1 aliphatic heterocycles. The van der Waals surface area contributed by atoms with Crippen molar-refractivity contribution in [1.29, 1.82) is 0 Å². The number of methoxy groups -OCH3 is 1. The fraction of sp³-hybridized carbons (Fsp3) is 0.458. The Morgan fingerprint density at radius 1 is 1.32 bits per heavy atom. The number of nitrogens with zero attached hydrogens (tertiary/aromatic N) is 4. The largest absolute Gasteiger partial charge is 0.496 e. The molecule has 1 amide bonds. The molecule has 1 saturated carbocycles. The molecule has 0 radical (unpaired) electrons. The Labute approximate surface area is 200 Å². The number of amides is 1. The van der Waals surface area contributed by atoms with Crippen molar-refractivity contribution in [2.24, 2.45) is 5.92 Å². The second kappa shape index (κ2) is 9.61. The first-order valence-corrected chi connectivity index (χ1v) is 12.9. The number of benzene rings is 1. The van der Waals surface area contributed by atoms with E-state index in [1.807, 2.05) is 23.0 Å². The lowest BCUT2D eigenvalue weighted by Crippen LogP contribution is -2.23. The molecule has 1 aromatic carbocycles. The van der Waals surface area contributed by atoms with E-state index in [1.165, 1.54) is 25.3 Å². The number of rotatable bonds is 8. The summed E-state index contributed by atoms with van der Waals surface area (Å²) < 4.78 is 28.8. The molecule has 1 atom stereocenters. The van der Waals surface area contributed by atoms with Gasteiger partial charge in [-0.3, -0.25) is 14.2 Å². The molecule has 2 aliphatic rings. The third-order valence-electron chi connectivity index (χ3n) is 6.60. The summed E-state index contributed by atoms with van der Waals surface area (Å²) in [4.78, 5) is 13.6. The summed E-state index contributed by atoms with van der Waals surface area (Å²) in [6, 6.07) is 3.83. The molecule has 10 heteroatoms. The van der Waals surface area contributed by atoms with Crippen LogP contribution < -0.4 is 9.46 Å². The minimum absolute atomic E-state index is 0.0888. The fourth-order valence-electron chi connectivity index (χ4n) is 4.89. The van der Waals surface area contributed by atoms with Gasteiger partial charge in [0.15, 0.2) is 11.4 Å². The highest BCUT2D eigenvalue weighted by Gasteiger charge is 2.25. The zero-order valence-corrected chi connectivity index (χ0v) is 20.1. The van der Waals surface area contributed by atoms with Crippen LogP contribution in [0.4, 0.5) is 5.82 Å². The van der Waals surface area contributed by atoms with Gasteiger partial charge in [0, 0.05) is 24.1 Å². The maximum Gasteiger partial charge on any atom is 0.246 e. The predicted octanol–water partition coefficient (Wildman–Crippen LogP) is 3.77. The van der Waals surface area contributed by atoms with Gasteiger partial charge in [0.1, 0.15) is 22.1 Å². The van der Waals surface area contributed by atoms with Crippen molar-refractivity contribution in [2.75, 3.05) is 17.6 Å². The molecule has 9 nitrogen and oxygen atoms in total. The van der Waals surface area contributed by atoms with E-state index < -0.39 is 11.0 Å². The molecule has 180 valence electrons. The van der Waals surface area contributed by atoms with E-state index in [9.17, 15) is 9.00 Å². The molecule has 1 fully saturated rings. The van der Waals surface area contributed by atoms with Crippen molar-refractivity contribution >= 4 is 33.7 Å². The topological polar surface area (TPSA) is 102 Å². The molecule has 0 saturated heterocycles. The van der Waals surface area contributed by atoms with Crippen molar-refractivity contribution in [3.8, 4) is 5.75 Å². The van der Waals surface area contributed by atoms with Gasteiger partial charge in [0.05, 0.1) is 25.9 Å². The second-order valence-corrected chi connectivity index (χ2v) is 10.2. The number of nitrogens with one attached hydrogen (secondary N) is 1. The number of fused-ring (bicyclic) bond motifs is 2. The Kier molecular flexibility index (Phi) is 6.40. The van der Waals surface area contributed by atoms with E-state index >= 15 is 0 Å². The molecule has 34 heavy (non-hydrogen) atoms. The molecular formula is C24H29N5O4S. The third kappa shape index (κ3) is 4.59. The van der Waals surface area contributed by atoms with Crippen molar-refractivity contribution < 1.29 is 18.3 Å². The standard InChI is InChI=1S/C24H29N5O4S/c1-3-22(30)28-12-18-13-29(25-19(18)14-28)11-17-9-20(32-2)23-21(10-17)33-26-24(23)27-34(31)15-16-7-5-4-6-8-16/h3,9-10,13,16H,1,4-8,11-12,14-15H2,2H3,(H,26,27). The SMILES string of the molecule is C=CC(=O)N1Cc2cn(Cc3cc(OC)c4c(NS(=O)CC5CCCCC5)noc4c3)nc2C1. The molecule has 1 unspecified atom stereocenters. The van der Waals surface area contributed by atoms with Crippen molar-refractivity contribution in [3.05, 3.63) is 47.8 Å². The first kappa shape index (κ1) is 22.6. The molecule has 2 aromatic heterocycles. The van der Waals surface area contributed by atoms with Gasteiger partial charge >= 0.3 is 0 Å². The summed E-state index contributed by atoms with van der Waals surface area (Å²) in [5.41, 5.74) is 3.44. The van der Waals surface area contributed by atoms with Crippen LogP contribution in [-0.2, 0) is 35.4 Å². The number of hydrogen-bond donors (Lipinski definition) is 1. The average Bonchev–Trinajstić information content (AvgIpc) is 3.52. The van der Waals surface area contributed by atoms with Crippen LogP contribution in [0.5, 0.6) is 5.75 Å². The molecule has 0 spiro atoms. The number of aromatic nitrogens is 3. The van der Waals surface area contributed by atoms with E-state index in [4.69, 9.17) is 9.26 Å². The van der Waals surface area contributed by atoms with Gasteiger partial charge < -0.3 is 14.2 Å². The third-order valence-corrected chi connectivity index (χ3v) is 7.79. The Morgan fingerprint density at radius 3 is 2.88 bits per heavy atom. The molecule has 3 aromatic rings. The average molecular weight is 484 g/mol. The number of anilines is 1. The summed E-state index contributed by atoms with van der Waals surface area (Å²) in [6.07, 6.45) is 9.28. The zero-order chi connectivity index (χ0) is 23.7. The van der Waals surface area contributed by atoms with Gasteiger partial charge in [-0.1, -0.05) is 31.0 Å². The smallest absolute Gasteiger partial charge is 0.246 e. The van der Waals surface area contributed by atoms with Crippen LogP contribution in [0.3, 0.4) is 0 Å². The summed E-state index contributed by atoms with van der Waals surface area (Å²) in [5, 5.41) is 9.45. The summed E-state index contributed by atoms with van der Waals surface area (Å²) >= 11 is 0. The van der Waals surface area contributed by atoms with E-state index in [1.54, 1.807) is 12.0 Å². The van der Waals surface area contributed by atoms with Crippen LogP contribution >= 0.6 is 0 Å². The molecule has 5 rings (SSSR count). The lowest BCUT2D eigenvalue weighted by Gasteiger charge is -2.20. The predicted molar refractivity (Wildman–Crippen MR) is 130 cm³/mol. The monoisotopic (exact) mass is 483 g/mol. The zero-order valence-electron chi connectivity index (χ0n) is 19.3. The Hall–Kier alpha value is -3.14. The maximum atomic E-state index is 12.7. The highest BCUT2D eigenvalue weighted by atomic mass is 32.2. The lowest BCUT2D eigenvalue weighted by atomic mass is 9.91. The Balaban J connectivity index is 1.30. The van der Waals surface area contributed by atoms with Gasteiger partial charge in [-0.05, 0) is 42.5 Å². The van der Waals surface area contributed by atoms with Gasteiger partial charge in [-0.2, -0.15) is 5.10 Å². The van der Waals surface area contributed by atoms with Crippen LogP contribution in [-0.4, -0.2) is 42.8 Å². The van der Waals surface area contributed by atoms with E-state index in [0.717, 1.165) is 29.7 Å². The molecule has 1 aliphatic carbocycles. The first-order valence-electron chi connectivity index (χ1n) is 11.6. The number of carbonyl (C=O) groups is 1. The van der Waals surface area contributed by atoms with Crippen LogP contribution in [0, 0.1) is 5.92 Å². The van der Waals surface area contributed by atoms with Crippen molar-refractivity contribution in [1.82, 2.24) is 19.8 Å². The van der Waals surface area contributed by atoms with Crippen molar-refractivity contribution in [3.63, 3.8) is 0 Å². The normalized spacial score (nSPS) is 17.0. The van der Waals surface area contributed by atoms with E-state index in [2.05, 4.69) is 21.6 Å². The van der Waals surface area contributed by atoms with E-state index in [0.29, 0.717) is 53.8 Å². The fourth-order valence-corrected chi connectivity index (χ4v) is 6.09.